The van der Waals surface area contributed by atoms with Crippen molar-refractivity contribution >= 4 is 11.6 Å². The predicted molar refractivity (Wildman–Crippen MR) is 107 cm³/mol. The molecule has 2 fully saturated rings. The zero-order valence-electron chi connectivity index (χ0n) is 16.0. The molecule has 2 aliphatic rings. The summed E-state index contributed by atoms with van der Waals surface area (Å²) < 4.78 is 19.4. The molecule has 3 rings (SSSR count). The smallest absolute Gasteiger partial charge is 0.123 e. The molecule has 0 heterocycles. The Hall–Kier alpha value is -0.600. The van der Waals surface area contributed by atoms with Gasteiger partial charge in [0.25, 0.3) is 0 Å². The zero-order valence-corrected chi connectivity index (χ0v) is 16.7. The van der Waals surface area contributed by atoms with E-state index in [4.69, 9.17) is 16.3 Å². The van der Waals surface area contributed by atoms with Crippen molar-refractivity contribution in [3.05, 3.63) is 35.6 Å². The SMILES string of the molecule is Fc1ccc(C2CCC(COC3CCC(CCCCCl)CC3)CC2)cc1. The van der Waals surface area contributed by atoms with Crippen molar-refractivity contribution < 1.29 is 9.13 Å². The molecule has 0 spiro atoms. The maximum atomic E-state index is 13.1. The minimum atomic E-state index is -0.135. The van der Waals surface area contributed by atoms with Crippen molar-refractivity contribution in [2.24, 2.45) is 11.8 Å². The molecule has 1 aromatic rings. The van der Waals surface area contributed by atoms with E-state index in [1.165, 1.54) is 76.2 Å². The highest BCUT2D eigenvalue weighted by Crippen LogP contribution is 2.37. The lowest BCUT2D eigenvalue weighted by molar-refractivity contribution is -0.00845. The Kier molecular flexibility index (Phi) is 8.26. The second kappa shape index (κ2) is 10.7. The summed E-state index contributed by atoms with van der Waals surface area (Å²) >= 11 is 5.77. The number of halogens is 2. The molecule has 0 aliphatic heterocycles. The van der Waals surface area contributed by atoms with Gasteiger partial charge in [-0.15, -0.1) is 11.6 Å². The minimum absolute atomic E-state index is 0.135. The maximum Gasteiger partial charge on any atom is 0.123 e. The maximum absolute atomic E-state index is 13.1. The molecule has 26 heavy (non-hydrogen) atoms. The van der Waals surface area contributed by atoms with Crippen LogP contribution in [0, 0.1) is 17.7 Å². The van der Waals surface area contributed by atoms with Crippen molar-refractivity contribution in [1.82, 2.24) is 0 Å². The lowest BCUT2D eigenvalue weighted by atomic mass is 9.79. The Labute approximate surface area is 163 Å². The van der Waals surface area contributed by atoms with Crippen molar-refractivity contribution in [2.75, 3.05) is 12.5 Å². The summed E-state index contributed by atoms with van der Waals surface area (Å²) in [5, 5.41) is 0. The number of ether oxygens (including phenoxy) is 1. The highest BCUT2D eigenvalue weighted by molar-refractivity contribution is 6.17. The van der Waals surface area contributed by atoms with E-state index in [9.17, 15) is 4.39 Å². The fourth-order valence-electron chi connectivity index (χ4n) is 4.78. The number of hydrogen-bond donors (Lipinski definition) is 0. The molecule has 0 saturated heterocycles. The van der Waals surface area contributed by atoms with Gasteiger partial charge >= 0.3 is 0 Å². The normalized spacial score (nSPS) is 29.6. The molecule has 1 aromatic carbocycles. The van der Waals surface area contributed by atoms with Gasteiger partial charge in [-0.1, -0.05) is 25.0 Å². The summed E-state index contributed by atoms with van der Waals surface area (Å²) in [4.78, 5) is 0. The number of benzene rings is 1. The molecule has 2 aliphatic carbocycles. The van der Waals surface area contributed by atoms with Gasteiger partial charge in [0.2, 0.25) is 0 Å². The van der Waals surface area contributed by atoms with Gasteiger partial charge in [0.05, 0.1) is 6.10 Å². The van der Waals surface area contributed by atoms with Gasteiger partial charge < -0.3 is 4.74 Å². The molecule has 1 nitrogen and oxygen atoms in total. The van der Waals surface area contributed by atoms with E-state index in [1.54, 1.807) is 12.1 Å². The average molecular weight is 381 g/mol. The van der Waals surface area contributed by atoms with E-state index in [1.807, 2.05) is 12.1 Å². The van der Waals surface area contributed by atoms with Crippen LogP contribution in [0.15, 0.2) is 24.3 Å². The van der Waals surface area contributed by atoms with Crippen LogP contribution in [0.5, 0.6) is 0 Å². The van der Waals surface area contributed by atoms with Crippen LogP contribution in [0.4, 0.5) is 4.39 Å². The molecule has 0 unspecified atom stereocenters. The van der Waals surface area contributed by atoms with Crippen molar-refractivity contribution in [2.45, 2.75) is 82.7 Å². The van der Waals surface area contributed by atoms with Gasteiger partial charge in [-0.25, -0.2) is 4.39 Å². The van der Waals surface area contributed by atoms with E-state index >= 15 is 0 Å². The summed E-state index contributed by atoms with van der Waals surface area (Å²) in [6.07, 6.45) is 14.4. The molecule has 0 amide bonds. The second-order valence-corrected chi connectivity index (χ2v) is 8.81. The van der Waals surface area contributed by atoms with Crippen LogP contribution in [0.2, 0.25) is 0 Å². The Morgan fingerprint density at radius 2 is 1.50 bits per heavy atom. The Balaban J connectivity index is 1.30. The van der Waals surface area contributed by atoms with Crippen LogP contribution >= 0.6 is 11.6 Å². The molecule has 0 atom stereocenters. The Morgan fingerprint density at radius 1 is 0.846 bits per heavy atom. The number of rotatable bonds is 8. The standard InChI is InChI=1S/C23H34ClFO/c24-16-2-1-3-18-6-14-23(15-7-18)26-17-19-4-8-20(9-5-19)21-10-12-22(25)13-11-21/h10-13,18-20,23H,1-9,14-17H2. The molecule has 0 aromatic heterocycles. The van der Waals surface area contributed by atoms with Crippen molar-refractivity contribution in [3.8, 4) is 0 Å². The topological polar surface area (TPSA) is 9.23 Å². The first-order chi connectivity index (χ1) is 12.7. The fraction of sp³-hybridized carbons (Fsp3) is 0.739. The summed E-state index contributed by atoms with van der Waals surface area (Å²) in [6.45, 7) is 0.942. The van der Waals surface area contributed by atoms with Gasteiger partial charge in [-0.2, -0.15) is 0 Å². The number of alkyl halides is 1. The predicted octanol–water partition coefficient (Wildman–Crippen LogP) is 7.08. The molecule has 0 radical (unpaired) electrons. The van der Waals surface area contributed by atoms with Crippen LogP contribution in [0.3, 0.4) is 0 Å². The summed E-state index contributed by atoms with van der Waals surface area (Å²) in [5.74, 6) is 2.90. The second-order valence-electron chi connectivity index (χ2n) is 8.43. The Morgan fingerprint density at radius 3 is 2.15 bits per heavy atom. The fourth-order valence-corrected chi connectivity index (χ4v) is 4.97. The quantitative estimate of drug-likeness (QED) is 0.345. The van der Waals surface area contributed by atoms with Gasteiger partial charge in [0, 0.05) is 12.5 Å². The third-order valence-electron chi connectivity index (χ3n) is 6.55. The lowest BCUT2D eigenvalue weighted by Crippen LogP contribution is -2.25. The first-order valence-corrected chi connectivity index (χ1v) is 11.2. The molecule has 0 bridgehead atoms. The van der Waals surface area contributed by atoms with E-state index < -0.39 is 0 Å². The van der Waals surface area contributed by atoms with E-state index in [-0.39, 0.29) is 5.82 Å². The van der Waals surface area contributed by atoms with Gasteiger partial charge in [-0.3, -0.25) is 0 Å². The highest BCUT2D eigenvalue weighted by atomic mass is 35.5. The van der Waals surface area contributed by atoms with E-state index in [0.29, 0.717) is 17.9 Å². The first kappa shape index (κ1) is 20.1. The monoisotopic (exact) mass is 380 g/mol. The number of hydrogen-bond acceptors (Lipinski definition) is 1. The van der Waals surface area contributed by atoms with Gasteiger partial charge in [0.15, 0.2) is 0 Å². The summed E-state index contributed by atoms with van der Waals surface area (Å²) in [7, 11) is 0. The summed E-state index contributed by atoms with van der Waals surface area (Å²) in [6, 6.07) is 7.11. The molecular formula is C23H34ClFO. The molecular weight excluding hydrogens is 347 g/mol. The van der Waals surface area contributed by atoms with Crippen LogP contribution in [-0.4, -0.2) is 18.6 Å². The lowest BCUT2D eigenvalue weighted by Gasteiger charge is -2.32. The van der Waals surface area contributed by atoms with E-state index in [0.717, 1.165) is 18.4 Å². The molecule has 3 heteroatoms. The van der Waals surface area contributed by atoms with Crippen molar-refractivity contribution in [3.63, 3.8) is 0 Å². The largest absolute Gasteiger partial charge is 0.378 e. The van der Waals surface area contributed by atoms with Gasteiger partial charge in [-0.05, 0) is 93.2 Å². The third kappa shape index (κ3) is 6.23. The van der Waals surface area contributed by atoms with Crippen LogP contribution in [-0.2, 0) is 4.74 Å². The van der Waals surface area contributed by atoms with E-state index in [2.05, 4.69) is 0 Å². The van der Waals surface area contributed by atoms with Crippen LogP contribution in [0.25, 0.3) is 0 Å². The average Bonchev–Trinajstić information content (AvgIpc) is 2.69. The molecule has 0 N–H and O–H groups in total. The van der Waals surface area contributed by atoms with Crippen LogP contribution in [0.1, 0.15) is 82.1 Å². The van der Waals surface area contributed by atoms with Crippen LogP contribution < -0.4 is 0 Å². The number of unbranched alkanes of at least 4 members (excludes halogenated alkanes) is 1. The third-order valence-corrected chi connectivity index (χ3v) is 6.81. The van der Waals surface area contributed by atoms with Gasteiger partial charge in [0.1, 0.15) is 5.82 Å². The molecule has 2 saturated carbocycles. The zero-order chi connectivity index (χ0) is 18.2. The highest BCUT2D eigenvalue weighted by Gasteiger charge is 2.25. The first-order valence-electron chi connectivity index (χ1n) is 10.7. The minimum Gasteiger partial charge on any atom is -0.378 e. The Bertz CT molecular complexity index is 501. The summed E-state index contributed by atoms with van der Waals surface area (Å²) in [5.41, 5.74) is 1.30. The van der Waals surface area contributed by atoms with Crippen molar-refractivity contribution in [1.29, 1.82) is 0 Å². The molecule has 146 valence electrons.